The summed E-state index contributed by atoms with van der Waals surface area (Å²) in [5, 5.41) is 2.46. The molecule has 0 saturated heterocycles. The first-order valence-electron chi connectivity index (χ1n) is 18.4. The van der Waals surface area contributed by atoms with Gasteiger partial charge in [-0.15, -0.1) is 0 Å². The molecular weight excluding hydrogens is 681 g/mol. The van der Waals surface area contributed by atoms with Crippen LogP contribution in [0.2, 0.25) is 0 Å². The molecule has 54 heavy (non-hydrogen) atoms. The van der Waals surface area contributed by atoms with Crippen molar-refractivity contribution in [3.8, 4) is 33.4 Å². The van der Waals surface area contributed by atoms with Gasteiger partial charge in [-0.05, 0) is 108 Å². The van der Waals surface area contributed by atoms with Crippen molar-refractivity contribution in [3.05, 3.63) is 182 Å². The molecule has 0 spiro atoms. The van der Waals surface area contributed by atoms with E-state index in [1.165, 1.54) is 27.5 Å². The van der Waals surface area contributed by atoms with E-state index in [1.807, 2.05) is 49.4 Å². The number of nitrogens with zero attached hydrogens (tertiary/aromatic N) is 2. The fourth-order valence-corrected chi connectivity index (χ4v) is 9.51. The summed E-state index contributed by atoms with van der Waals surface area (Å²) in [4.78, 5) is 2.91. The van der Waals surface area contributed by atoms with Crippen LogP contribution >= 0.6 is 0 Å². The summed E-state index contributed by atoms with van der Waals surface area (Å²) in [6.45, 7) is 4.25. The van der Waals surface area contributed by atoms with Gasteiger partial charge in [0.25, 0.3) is 0 Å². The minimum atomic E-state index is -3.57. The lowest BCUT2D eigenvalue weighted by Crippen LogP contribution is -2.10. The van der Waals surface area contributed by atoms with Crippen molar-refractivity contribution < 1.29 is 8.42 Å². The quantitative estimate of drug-likeness (QED) is 0.147. The molecular formula is C49H38N2O2S. The SMILES string of the molecule is C/C=C\C=C(/CC)n1c2ccccc2c2cc(-c3ccc(N(c4ccc(-c5ccccc5)cc4)c4ccc5c(c4)-c4ccccc4S5(=O)=O)cc3)ccc21. The van der Waals surface area contributed by atoms with Crippen molar-refractivity contribution in [2.45, 2.75) is 30.1 Å². The van der Waals surface area contributed by atoms with Gasteiger partial charge in [0, 0.05) is 44.7 Å². The number of rotatable bonds is 8. The number of hydrogen-bond donors (Lipinski definition) is 0. The van der Waals surface area contributed by atoms with Crippen LogP contribution < -0.4 is 4.90 Å². The van der Waals surface area contributed by atoms with Gasteiger partial charge in [-0.3, -0.25) is 0 Å². The molecule has 2 heterocycles. The Kier molecular flexibility index (Phi) is 8.37. The summed E-state index contributed by atoms with van der Waals surface area (Å²) in [6.07, 6.45) is 7.30. The predicted molar refractivity (Wildman–Crippen MR) is 225 cm³/mol. The summed E-state index contributed by atoms with van der Waals surface area (Å²) in [5.74, 6) is 0. The van der Waals surface area contributed by atoms with Gasteiger partial charge in [0.15, 0.2) is 0 Å². The van der Waals surface area contributed by atoms with Gasteiger partial charge in [0.05, 0.1) is 20.8 Å². The first-order chi connectivity index (χ1) is 26.5. The Bertz CT molecular complexity index is 2870. The highest BCUT2D eigenvalue weighted by molar-refractivity contribution is 7.92. The van der Waals surface area contributed by atoms with E-state index in [9.17, 15) is 8.42 Å². The average molecular weight is 719 g/mol. The van der Waals surface area contributed by atoms with Crippen molar-refractivity contribution in [3.63, 3.8) is 0 Å². The second-order valence-electron chi connectivity index (χ2n) is 13.6. The van der Waals surface area contributed by atoms with E-state index in [0.717, 1.165) is 56.9 Å². The highest BCUT2D eigenvalue weighted by Crippen LogP contribution is 2.47. The van der Waals surface area contributed by atoms with Crippen LogP contribution in [0.1, 0.15) is 20.3 Å². The Hall–Kier alpha value is -6.43. The van der Waals surface area contributed by atoms with Crippen molar-refractivity contribution in [2.24, 2.45) is 0 Å². The van der Waals surface area contributed by atoms with Gasteiger partial charge >= 0.3 is 0 Å². The van der Waals surface area contributed by atoms with Crippen LogP contribution in [0.4, 0.5) is 17.1 Å². The number of allylic oxidation sites excluding steroid dienone is 4. The van der Waals surface area contributed by atoms with Crippen LogP contribution in [0.5, 0.6) is 0 Å². The molecule has 0 atom stereocenters. The minimum Gasteiger partial charge on any atom is -0.313 e. The van der Waals surface area contributed by atoms with E-state index < -0.39 is 9.84 Å². The van der Waals surface area contributed by atoms with Crippen LogP contribution in [0, 0.1) is 0 Å². The Labute approximate surface area is 316 Å². The monoisotopic (exact) mass is 718 g/mol. The Morgan fingerprint density at radius 2 is 1.13 bits per heavy atom. The highest BCUT2D eigenvalue weighted by Gasteiger charge is 2.33. The van der Waals surface area contributed by atoms with E-state index >= 15 is 0 Å². The van der Waals surface area contributed by atoms with Gasteiger partial charge < -0.3 is 9.47 Å². The fraction of sp³-hybridized carbons (Fsp3) is 0.0612. The molecule has 0 fully saturated rings. The summed E-state index contributed by atoms with van der Waals surface area (Å²) in [5.41, 5.74) is 12.5. The molecule has 0 aliphatic carbocycles. The molecule has 0 bridgehead atoms. The number of anilines is 3. The number of sulfone groups is 1. The molecule has 0 radical (unpaired) electrons. The molecule has 7 aromatic carbocycles. The van der Waals surface area contributed by atoms with Crippen LogP contribution in [0.15, 0.2) is 192 Å². The predicted octanol–water partition coefficient (Wildman–Crippen LogP) is 13.2. The molecule has 0 unspecified atom stereocenters. The van der Waals surface area contributed by atoms with E-state index in [1.54, 1.807) is 18.2 Å². The van der Waals surface area contributed by atoms with Crippen molar-refractivity contribution in [1.29, 1.82) is 0 Å². The lowest BCUT2D eigenvalue weighted by Gasteiger charge is -2.26. The van der Waals surface area contributed by atoms with Crippen molar-refractivity contribution in [1.82, 2.24) is 4.57 Å². The van der Waals surface area contributed by atoms with Crippen LogP contribution in [-0.4, -0.2) is 13.0 Å². The molecule has 0 N–H and O–H groups in total. The van der Waals surface area contributed by atoms with E-state index in [2.05, 4.69) is 138 Å². The number of benzene rings is 7. The average Bonchev–Trinajstić information content (AvgIpc) is 3.67. The van der Waals surface area contributed by atoms with Gasteiger partial charge in [0.2, 0.25) is 9.84 Å². The maximum Gasteiger partial charge on any atom is 0.207 e. The maximum atomic E-state index is 13.5. The lowest BCUT2D eigenvalue weighted by atomic mass is 10.0. The first-order valence-corrected chi connectivity index (χ1v) is 19.8. The van der Waals surface area contributed by atoms with Gasteiger partial charge in [-0.1, -0.05) is 116 Å². The van der Waals surface area contributed by atoms with E-state index in [-0.39, 0.29) is 0 Å². The smallest absolute Gasteiger partial charge is 0.207 e. The summed E-state index contributed by atoms with van der Waals surface area (Å²) in [7, 11) is -3.57. The molecule has 262 valence electrons. The topological polar surface area (TPSA) is 42.3 Å². The van der Waals surface area contributed by atoms with E-state index in [0.29, 0.717) is 9.79 Å². The molecule has 1 aromatic heterocycles. The van der Waals surface area contributed by atoms with Crippen molar-refractivity contribution in [2.75, 3.05) is 4.90 Å². The maximum absolute atomic E-state index is 13.5. The molecule has 9 rings (SSSR count). The van der Waals surface area contributed by atoms with Crippen LogP contribution in [0.3, 0.4) is 0 Å². The summed E-state index contributed by atoms with van der Waals surface area (Å²) in [6, 6.07) is 55.9. The van der Waals surface area contributed by atoms with Crippen LogP contribution in [0.25, 0.3) is 60.9 Å². The zero-order valence-electron chi connectivity index (χ0n) is 30.1. The van der Waals surface area contributed by atoms with Gasteiger partial charge in [0.1, 0.15) is 0 Å². The van der Waals surface area contributed by atoms with Crippen molar-refractivity contribution >= 4 is 54.4 Å². The largest absolute Gasteiger partial charge is 0.313 e. The van der Waals surface area contributed by atoms with Gasteiger partial charge in [-0.2, -0.15) is 0 Å². The number of aromatic nitrogens is 1. The molecule has 0 amide bonds. The standard InChI is InChI=1S/C49H38N2O2S/c1-3-5-15-38(4-2)51-46-18-11-9-16-42(46)44-32-37(24-30-47(44)51)36-22-27-40(28-23-36)50(39-25-20-35(21-26-39)34-13-7-6-8-14-34)41-29-31-49-45(33-41)43-17-10-12-19-48(43)54(49,52)53/h3,5-33H,4H2,1-2H3/b5-3-,38-15+. The molecule has 0 saturated carbocycles. The Morgan fingerprint density at radius 3 is 1.85 bits per heavy atom. The number of hydrogen-bond acceptors (Lipinski definition) is 3. The Morgan fingerprint density at radius 1 is 0.556 bits per heavy atom. The lowest BCUT2D eigenvalue weighted by molar-refractivity contribution is 0.598. The highest BCUT2D eigenvalue weighted by atomic mass is 32.2. The first kappa shape index (κ1) is 33.4. The van der Waals surface area contributed by atoms with Gasteiger partial charge in [-0.25, -0.2) is 8.42 Å². The third-order valence-corrected chi connectivity index (χ3v) is 12.3. The molecule has 1 aliphatic rings. The molecule has 5 heteroatoms. The third-order valence-electron chi connectivity index (χ3n) is 10.5. The molecule has 1 aliphatic heterocycles. The summed E-state index contributed by atoms with van der Waals surface area (Å²) >= 11 is 0. The zero-order valence-corrected chi connectivity index (χ0v) is 31.0. The third kappa shape index (κ3) is 5.56. The zero-order chi connectivity index (χ0) is 36.8. The molecule has 8 aromatic rings. The van der Waals surface area contributed by atoms with Crippen LogP contribution in [-0.2, 0) is 9.84 Å². The normalized spacial score (nSPS) is 13.4. The fourth-order valence-electron chi connectivity index (χ4n) is 7.85. The second-order valence-corrected chi connectivity index (χ2v) is 15.5. The summed E-state index contributed by atoms with van der Waals surface area (Å²) < 4.78 is 29.3. The molecule has 4 nitrogen and oxygen atoms in total. The number of fused-ring (bicyclic) bond motifs is 6. The number of para-hydroxylation sites is 1. The van der Waals surface area contributed by atoms with E-state index in [4.69, 9.17) is 0 Å². The minimum absolute atomic E-state index is 0.349. The Balaban J connectivity index is 1.14. The second kappa shape index (κ2) is 13.5.